The Balaban J connectivity index is 1.67. The molecule has 0 atom stereocenters. The van der Waals surface area contributed by atoms with E-state index in [0.29, 0.717) is 12.1 Å². The molecule has 1 aromatic heterocycles. The lowest BCUT2D eigenvalue weighted by molar-refractivity contribution is -0.114. The Kier molecular flexibility index (Phi) is 3.15. The zero-order valence-electron chi connectivity index (χ0n) is 12.5. The molecule has 2 aromatic carbocycles. The molecule has 4 nitrogen and oxygen atoms in total. The molecule has 0 fully saturated rings. The summed E-state index contributed by atoms with van der Waals surface area (Å²) < 4.78 is 0. The Morgan fingerprint density at radius 3 is 2.65 bits per heavy atom. The number of nitrogens with zero attached hydrogens (tertiary/aromatic N) is 1. The highest BCUT2D eigenvalue weighted by Crippen LogP contribution is 2.34. The van der Waals surface area contributed by atoms with Gasteiger partial charge in [-0.3, -0.25) is 9.69 Å². The first kappa shape index (κ1) is 13.6. The van der Waals surface area contributed by atoms with Gasteiger partial charge in [-0.05, 0) is 12.5 Å². The van der Waals surface area contributed by atoms with Crippen LogP contribution in [0, 0.1) is 0 Å². The summed E-state index contributed by atoms with van der Waals surface area (Å²) in [5, 5.41) is 11.3. The molecule has 3 aromatic rings. The van der Waals surface area contributed by atoms with Gasteiger partial charge < -0.3 is 10.1 Å². The molecule has 0 saturated heterocycles. The third-order valence-electron chi connectivity index (χ3n) is 4.24. The molecule has 1 aliphatic rings. The van der Waals surface area contributed by atoms with Crippen molar-refractivity contribution in [3.63, 3.8) is 0 Å². The summed E-state index contributed by atoms with van der Waals surface area (Å²) in [6, 6.07) is 17.1. The molecular formula is C19H16N2O2. The van der Waals surface area contributed by atoms with E-state index < -0.39 is 0 Å². The lowest BCUT2D eigenvalue weighted by Gasteiger charge is -2.13. The molecule has 0 spiro atoms. The van der Waals surface area contributed by atoms with Crippen LogP contribution in [0.15, 0.2) is 60.7 Å². The van der Waals surface area contributed by atoms with Crippen LogP contribution in [-0.2, 0) is 11.2 Å². The SMILES string of the molecule is O=C(/C=C(\O)c1ccccc1)N1CCc2c1[nH]c1ccccc21. The second kappa shape index (κ2) is 5.32. The van der Waals surface area contributed by atoms with Gasteiger partial charge in [-0.2, -0.15) is 0 Å². The van der Waals surface area contributed by atoms with Crippen molar-refractivity contribution in [3.8, 4) is 0 Å². The standard InChI is InChI=1S/C19H16N2O2/c22-17(13-6-2-1-3-7-13)12-18(23)21-11-10-15-14-8-4-5-9-16(14)20-19(15)21/h1-9,12,20,22H,10-11H2/b17-12-. The monoisotopic (exact) mass is 304 g/mol. The lowest BCUT2D eigenvalue weighted by Crippen LogP contribution is -2.27. The molecule has 1 amide bonds. The Bertz CT molecular complexity index is 910. The molecule has 0 radical (unpaired) electrons. The molecule has 2 heterocycles. The number of nitrogens with one attached hydrogen (secondary N) is 1. The number of carbonyl (C=O) groups excluding carboxylic acids is 1. The van der Waals surface area contributed by atoms with Crippen LogP contribution >= 0.6 is 0 Å². The Morgan fingerprint density at radius 2 is 1.83 bits per heavy atom. The zero-order chi connectivity index (χ0) is 15.8. The quantitative estimate of drug-likeness (QED) is 0.561. The number of carbonyl (C=O) groups is 1. The highest BCUT2D eigenvalue weighted by atomic mass is 16.3. The fourth-order valence-electron chi connectivity index (χ4n) is 3.11. The van der Waals surface area contributed by atoms with E-state index in [1.54, 1.807) is 17.0 Å². The van der Waals surface area contributed by atoms with Crippen molar-refractivity contribution in [2.45, 2.75) is 6.42 Å². The van der Waals surface area contributed by atoms with Crippen LogP contribution in [0.1, 0.15) is 11.1 Å². The van der Waals surface area contributed by atoms with E-state index >= 15 is 0 Å². The van der Waals surface area contributed by atoms with Crippen LogP contribution in [0.5, 0.6) is 0 Å². The van der Waals surface area contributed by atoms with Gasteiger partial charge in [0.2, 0.25) is 0 Å². The van der Waals surface area contributed by atoms with Gasteiger partial charge in [0.05, 0.1) is 0 Å². The first-order chi connectivity index (χ1) is 11.2. The largest absolute Gasteiger partial charge is 0.507 e. The second-order valence-corrected chi connectivity index (χ2v) is 5.63. The van der Waals surface area contributed by atoms with Gasteiger partial charge in [-0.25, -0.2) is 0 Å². The third kappa shape index (κ3) is 2.28. The number of hydrogen-bond acceptors (Lipinski definition) is 2. The van der Waals surface area contributed by atoms with Crippen molar-refractivity contribution in [1.29, 1.82) is 0 Å². The van der Waals surface area contributed by atoms with Crippen molar-refractivity contribution in [1.82, 2.24) is 4.98 Å². The van der Waals surface area contributed by atoms with E-state index in [0.717, 1.165) is 23.1 Å². The second-order valence-electron chi connectivity index (χ2n) is 5.63. The minimum Gasteiger partial charge on any atom is -0.507 e. The predicted molar refractivity (Wildman–Crippen MR) is 91.4 cm³/mol. The van der Waals surface area contributed by atoms with E-state index in [9.17, 15) is 9.90 Å². The summed E-state index contributed by atoms with van der Waals surface area (Å²) in [5.41, 5.74) is 2.84. The normalized spacial score (nSPS) is 14.3. The van der Waals surface area contributed by atoms with Crippen molar-refractivity contribution < 1.29 is 9.90 Å². The van der Waals surface area contributed by atoms with E-state index in [2.05, 4.69) is 11.1 Å². The molecule has 0 saturated carbocycles. The number of aliphatic hydroxyl groups excluding tert-OH is 1. The van der Waals surface area contributed by atoms with Crippen LogP contribution in [-0.4, -0.2) is 22.5 Å². The van der Waals surface area contributed by atoms with E-state index in [1.807, 2.05) is 36.4 Å². The maximum atomic E-state index is 12.5. The summed E-state index contributed by atoms with van der Waals surface area (Å²) >= 11 is 0. The third-order valence-corrected chi connectivity index (χ3v) is 4.24. The van der Waals surface area contributed by atoms with Crippen molar-refractivity contribution >= 4 is 28.4 Å². The number of aliphatic hydroxyl groups is 1. The van der Waals surface area contributed by atoms with Gasteiger partial charge in [-0.1, -0.05) is 48.5 Å². The average molecular weight is 304 g/mol. The number of anilines is 1. The predicted octanol–water partition coefficient (Wildman–Crippen LogP) is 3.66. The summed E-state index contributed by atoms with van der Waals surface area (Å²) in [5.74, 6) is 0.616. The summed E-state index contributed by atoms with van der Waals surface area (Å²) in [4.78, 5) is 17.5. The van der Waals surface area contributed by atoms with Gasteiger partial charge >= 0.3 is 0 Å². The number of aromatic nitrogens is 1. The number of para-hydroxylation sites is 1. The zero-order valence-corrected chi connectivity index (χ0v) is 12.5. The maximum Gasteiger partial charge on any atom is 0.255 e. The summed E-state index contributed by atoms with van der Waals surface area (Å²) in [6.45, 7) is 0.628. The Morgan fingerprint density at radius 1 is 1.09 bits per heavy atom. The number of rotatable bonds is 2. The van der Waals surface area contributed by atoms with Gasteiger partial charge in [0.1, 0.15) is 11.6 Å². The van der Waals surface area contributed by atoms with Crippen molar-refractivity contribution in [3.05, 3.63) is 71.8 Å². The van der Waals surface area contributed by atoms with Crippen LogP contribution in [0.3, 0.4) is 0 Å². The first-order valence-corrected chi connectivity index (χ1v) is 7.61. The molecular weight excluding hydrogens is 288 g/mol. The molecule has 4 heteroatoms. The van der Waals surface area contributed by atoms with E-state index in [4.69, 9.17) is 0 Å². The van der Waals surface area contributed by atoms with Crippen LogP contribution in [0.25, 0.3) is 16.7 Å². The fourth-order valence-corrected chi connectivity index (χ4v) is 3.11. The van der Waals surface area contributed by atoms with Crippen LogP contribution in [0.4, 0.5) is 5.82 Å². The molecule has 0 bridgehead atoms. The lowest BCUT2D eigenvalue weighted by atomic mass is 10.1. The minimum atomic E-state index is -0.211. The van der Waals surface area contributed by atoms with Gasteiger partial charge in [-0.15, -0.1) is 0 Å². The summed E-state index contributed by atoms with van der Waals surface area (Å²) in [6.07, 6.45) is 2.11. The van der Waals surface area contributed by atoms with E-state index in [1.165, 1.54) is 11.6 Å². The molecule has 2 N–H and O–H groups in total. The minimum absolute atomic E-state index is 0.0137. The number of H-pyrrole nitrogens is 1. The maximum absolute atomic E-state index is 12.5. The number of benzene rings is 2. The highest BCUT2D eigenvalue weighted by molar-refractivity contribution is 6.07. The van der Waals surface area contributed by atoms with Crippen molar-refractivity contribution in [2.75, 3.05) is 11.4 Å². The highest BCUT2D eigenvalue weighted by Gasteiger charge is 2.27. The molecule has 0 unspecified atom stereocenters. The van der Waals surface area contributed by atoms with Crippen molar-refractivity contribution in [2.24, 2.45) is 0 Å². The average Bonchev–Trinajstić information content (AvgIpc) is 3.14. The molecule has 0 aliphatic carbocycles. The van der Waals surface area contributed by atoms with E-state index in [-0.39, 0.29) is 11.7 Å². The number of fused-ring (bicyclic) bond motifs is 3. The molecule has 1 aliphatic heterocycles. The molecule has 114 valence electrons. The smallest absolute Gasteiger partial charge is 0.255 e. The van der Waals surface area contributed by atoms with Crippen LogP contribution in [0.2, 0.25) is 0 Å². The van der Waals surface area contributed by atoms with Gasteiger partial charge in [0, 0.05) is 34.7 Å². The number of aromatic amines is 1. The fraction of sp³-hybridized carbons (Fsp3) is 0.105. The molecule has 23 heavy (non-hydrogen) atoms. The molecule has 4 rings (SSSR count). The Hall–Kier alpha value is -3.01. The topological polar surface area (TPSA) is 56.3 Å². The van der Waals surface area contributed by atoms with Gasteiger partial charge in [0.25, 0.3) is 5.91 Å². The van der Waals surface area contributed by atoms with Gasteiger partial charge in [0.15, 0.2) is 0 Å². The summed E-state index contributed by atoms with van der Waals surface area (Å²) in [7, 11) is 0. The van der Waals surface area contributed by atoms with Crippen LogP contribution < -0.4 is 4.90 Å². The number of amides is 1. The number of hydrogen-bond donors (Lipinski definition) is 2. The Labute approximate surface area is 133 Å². The first-order valence-electron chi connectivity index (χ1n) is 7.61.